The molecule has 0 bridgehead atoms. The number of hydrazine groups is 1. The Morgan fingerprint density at radius 3 is 2.32 bits per heavy atom. The smallest absolute Gasteiger partial charge is 0.322 e. The van der Waals surface area contributed by atoms with E-state index in [4.69, 9.17) is 5.84 Å². The van der Waals surface area contributed by atoms with Crippen LogP contribution in [0.15, 0.2) is 48.5 Å². The molecule has 0 aromatic heterocycles. The van der Waals surface area contributed by atoms with Gasteiger partial charge in [0.1, 0.15) is 6.04 Å². The Morgan fingerprint density at radius 2 is 1.73 bits per heavy atom. The second-order valence-corrected chi connectivity index (χ2v) is 5.04. The standard InChI is InChI=1S/C16H18N2O4/c17-18(10-11-4-2-1-3-5-11)13(16(21)22)8-12-6-7-14(19)15(20)9-12/h1-7,9,13,19-20H,8,10,17H2,(H,21,22)/t13-/m0/s1. The van der Waals surface area contributed by atoms with Gasteiger partial charge in [0, 0.05) is 13.0 Å². The molecule has 6 heteroatoms. The average Bonchev–Trinajstić information content (AvgIpc) is 2.49. The summed E-state index contributed by atoms with van der Waals surface area (Å²) in [7, 11) is 0. The van der Waals surface area contributed by atoms with Crippen molar-refractivity contribution in [3.05, 3.63) is 59.7 Å². The lowest BCUT2D eigenvalue weighted by Crippen LogP contribution is -2.46. The monoisotopic (exact) mass is 302 g/mol. The van der Waals surface area contributed by atoms with E-state index in [1.165, 1.54) is 17.1 Å². The minimum atomic E-state index is -1.05. The molecule has 0 aliphatic heterocycles. The van der Waals surface area contributed by atoms with Crippen molar-refractivity contribution in [1.82, 2.24) is 5.01 Å². The molecule has 5 N–H and O–H groups in total. The van der Waals surface area contributed by atoms with Crippen LogP contribution in [0.25, 0.3) is 0 Å². The Balaban J connectivity index is 2.12. The molecule has 0 spiro atoms. The van der Waals surface area contributed by atoms with Crippen LogP contribution >= 0.6 is 0 Å². The third-order valence-electron chi connectivity index (χ3n) is 3.36. The maximum atomic E-state index is 11.5. The molecule has 0 saturated heterocycles. The fourth-order valence-corrected chi connectivity index (χ4v) is 2.17. The summed E-state index contributed by atoms with van der Waals surface area (Å²) in [4.78, 5) is 11.5. The molecule has 1 atom stereocenters. The van der Waals surface area contributed by atoms with E-state index in [1.807, 2.05) is 30.3 Å². The van der Waals surface area contributed by atoms with Crippen molar-refractivity contribution in [2.24, 2.45) is 5.84 Å². The molecule has 2 rings (SSSR count). The van der Waals surface area contributed by atoms with Crippen molar-refractivity contribution < 1.29 is 20.1 Å². The Kier molecular flexibility index (Phi) is 4.98. The average molecular weight is 302 g/mol. The van der Waals surface area contributed by atoms with Gasteiger partial charge in [0.15, 0.2) is 11.5 Å². The van der Waals surface area contributed by atoms with E-state index < -0.39 is 12.0 Å². The van der Waals surface area contributed by atoms with E-state index >= 15 is 0 Å². The number of phenols is 2. The molecular formula is C16H18N2O4. The SMILES string of the molecule is NN(Cc1ccccc1)[C@@H](Cc1ccc(O)c(O)c1)C(=O)O. The lowest BCUT2D eigenvalue weighted by Gasteiger charge is -2.24. The fourth-order valence-electron chi connectivity index (χ4n) is 2.17. The Hall–Kier alpha value is -2.57. The fraction of sp³-hybridized carbons (Fsp3) is 0.188. The van der Waals surface area contributed by atoms with Gasteiger partial charge in [-0.3, -0.25) is 10.6 Å². The predicted molar refractivity (Wildman–Crippen MR) is 81.1 cm³/mol. The lowest BCUT2D eigenvalue weighted by atomic mass is 10.0. The zero-order valence-electron chi connectivity index (χ0n) is 11.9. The van der Waals surface area contributed by atoms with Crippen LogP contribution in [-0.4, -0.2) is 32.3 Å². The van der Waals surface area contributed by atoms with E-state index in [-0.39, 0.29) is 17.9 Å². The Morgan fingerprint density at radius 1 is 1.05 bits per heavy atom. The van der Waals surface area contributed by atoms with Gasteiger partial charge in [-0.1, -0.05) is 36.4 Å². The number of rotatable bonds is 6. The number of aromatic hydroxyl groups is 2. The molecule has 22 heavy (non-hydrogen) atoms. The first-order valence-electron chi connectivity index (χ1n) is 6.76. The normalized spacial score (nSPS) is 12.3. The topological polar surface area (TPSA) is 107 Å². The summed E-state index contributed by atoms with van der Waals surface area (Å²) in [6, 6.07) is 12.6. The maximum Gasteiger partial charge on any atom is 0.322 e. The molecule has 0 radical (unpaired) electrons. The molecule has 0 aliphatic rings. The highest BCUT2D eigenvalue weighted by molar-refractivity contribution is 5.74. The summed E-state index contributed by atoms with van der Waals surface area (Å²) in [5, 5.41) is 29.4. The van der Waals surface area contributed by atoms with Gasteiger partial charge in [-0.05, 0) is 23.3 Å². The lowest BCUT2D eigenvalue weighted by molar-refractivity contribution is -0.143. The highest BCUT2D eigenvalue weighted by Crippen LogP contribution is 2.25. The first kappa shape index (κ1) is 15.8. The largest absolute Gasteiger partial charge is 0.504 e. The van der Waals surface area contributed by atoms with Gasteiger partial charge in [-0.15, -0.1) is 0 Å². The number of aliphatic carboxylic acids is 1. The molecule has 0 saturated carbocycles. The van der Waals surface area contributed by atoms with E-state index in [1.54, 1.807) is 6.07 Å². The highest BCUT2D eigenvalue weighted by atomic mass is 16.4. The van der Waals surface area contributed by atoms with Crippen molar-refractivity contribution in [2.45, 2.75) is 19.0 Å². The second kappa shape index (κ2) is 6.93. The number of carboxylic acid groups (broad SMARTS) is 1. The minimum absolute atomic E-state index is 0.118. The van der Waals surface area contributed by atoms with Crippen molar-refractivity contribution in [3.8, 4) is 11.5 Å². The first-order chi connectivity index (χ1) is 10.5. The summed E-state index contributed by atoms with van der Waals surface area (Å²) in [6.07, 6.45) is 0.118. The zero-order valence-corrected chi connectivity index (χ0v) is 11.9. The van der Waals surface area contributed by atoms with Gasteiger partial charge in [0.2, 0.25) is 0 Å². The van der Waals surface area contributed by atoms with Crippen LogP contribution in [0.3, 0.4) is 0 Å². The van der Waals surface area contributed by atoms with Gasteiger partial charge >= 0.3 is 5.97 Å². The van der Waals surface area contributed by atoms with Crippen molar-refractivity contribution >= 4 is 5.97 Å². The van der Waals surface area contributed by atoms with Crippen LogP contribution in [0.2, 0.25) is 0 Å². The number of nitrogens with zero attached hydrogens (tertiary/aromatic N) is 1. The molecule has 116 valence electrons. The number of carboxylic acids is 1. The van der Waals surface area contributed by atoms with Crippen molar-refractivity contribution in [1.29, 1.82) is 0 Å². The van der Waals surface area contributed by atoms with Crippen molar-refractivity contribution in [2.75, 3.05) is 0 Å². The first-order valence-corrected chi connectivity index (χ1v) is 6.76. The third-order valence-corrected chi connectivity index (χ3v) is 3.36. The number of benzene rings is 2. The van der Waals surface area contributed by atoms with E-state index in [0.717, 1.165) is 5.56 Å². The van der Waals surface area contributed by atoms with Gasteiger partial charge in [-0.25, -0.2) is 5.01 Å². The molecule has 6 nitrogen and oxygen atoms in total. The molecule has 2 aromatic rings. The van der Waals surface area contributed by atoms with Crippen LogP contribution in [-0.2, 0) is 17.8 Å². The Labute approximate surface area is 128 Å². The second-order valence-electron chi connectivity index (χ2n) is 5.04. The van der Waals surface area contributed by atoms with Gasteiger partial charge < -0.3 is 15.3 Å². The summed E-state index contributed by atoms with van der Waals surface area (Å²) < 4.78 is 0. The number of hydrogen-bond acceptors (Lipinski definition) is 5. The van der Waals surface area contributed by atoms with Gasteiger partial charge in [0.05, 0.1) is 0 Å². The van der Waals surface area contributed by atoms with Crippen LogP contribution in [0, 0.1) is 0 Å². The minimum Gasteiger partial charge on any atom is -0.504 e. The van der Waals surface area contributed by atoms with Crippen molar-refractivity contribution in [3.63, 3.8) is 0 Å². The summed E-state index contributed by atoms with van der Waals surface area (Å²) in [5.41, 5.74) is 1.48. The van der Waals surface area contributed by atoms with Crippen LogP contribution in [0.1, 0.15) is 11.1 Å². The molecule has 2 aromatic carbocycles. The molecule has 0 fully saturated rings. The van der Waals surface area contributed by atoms with Gasteiger partial charge in [-0.2, -0.15) is 0 Å². The summed E-state index contributed by atoms with van der Waals surface area (Å²) >= 11 is 0. The van der Waals surface area contributed by atoms with Crippen LogP contribution in [0.5, 0.6) is 11.5 Å². The predicted octanol–water partition coefficient (Wildman–Crippen LogP) is 1.47. The van der Waals surface area contributed by atoms with E-state index in [0.29, 0.717) is 12.1 Å². The number of hydrogen-bond donors (Lipinski definition) is 4. The van der Waals surface area contributed by atoms with Crippen LogP contribution in [0.4, 0.5) is 0 Å². The van der Waals surface area contributed by atoms with Crippen LogP contribution < -0.4 is 5.84 Å². The summed E-state index contributed by atoms with van der Waals surface area (Å²) in [5.74, 6) is 4.33. The quantitative estimate of drug-likeness (QED) is 0.366. The zero-order chi connectivity index (χ0) is 16.1. The Bertz CT molecular complexity index is 646. The number of carbonyl (C=O) groups is 1. The third kappa shape index (κ3) is 3.97. The molecule has 0 heterocycles. The van der Waals surface area contributed by atoms with E-state index in [9.17, 15) is 20.1 Å². The number of phenolic OH excluding ortho intramolecular Hbond substituents is 2. The molecular weight excluding hydrogens is 284 g/mol. The van der Waals surface area contributed by atoms with Gasteiger partial charge in [0.25, 0.3) is 0 Å². The molecule has 0 aliphatic carbocycles. The summed E-state index contributed by atoms with van der Waals surface area (Å²) in [6.45, 7) is 0.294. The highest BCUT2D eigenvalue weighted by Gasteiger charge is 2.24. The molecule has 0 unspecified atom stereocenters. The molecule has 0 amide bonds. The maximum absolute atomic E-state index is 11.5. The van der Waals surface area contributed by atoms with E-state index in [2.05, 4.69) is 0 Å². The number of nitrogens with two attached hydrogens (primary N) is 1.